The molecule has 134 valence electrons. The zero-order valence-corrected chi connectivity index (χ0v) is 15.4. The predicted molar refractivity (Wildman–Crippen MR) is 107 cm³/mol. The zero-order valence-electron chi connectivity index (χ0n) is 14.6. The maximum atomic E-state index is 12.2. The second kappa shape index (κ2) is 7.97. The van der Waals surface area contributed by atoms with Crippen LogP contribution in [0.2, 0.25) is 0 Å². The van der Waals surface area contributed by atoms with E-state index < -0.39 is 0 Å². The molecule has 0 aliphatic carbocycles. The number of amides is 3. The standard InChI is InChI=1S/C19H20N4O2S/c1-3-12-5-7-13(8-6-12)20-18(25)21-14-9-10-15-16(11-14)26-19(22-15)23-17(24)4-2/h5-11H,3-4H2,1-2H3,(H2,20,21,25)(H,22,23,24). The fraction of sp³-hybridized carbons (Fsp3) is 0.211. The van der Waals surface area contributed by atoms with E-state index in [1.807, 2.05) is 36.4 Å². The van der Waals surface area contributed by atoms with Crippen LogP contribution < -0.4 is 16.0 Å². The molecule has 2 aromatic carbocycles. The number of thiazole rings is 1. The number of hydrogen-bond donors (Lipinski definition) is 3. The minimum atomic E-state index is -0.308. The SMILES string of the molecule is CCC(=O)Nc1nc2ccc(NC(=O)Nc3ccc(CC)cc3)cc2s1. The molecule has 3 aromatic rings. The van der Waals surface area contributed by atoms with Crippen molar-refractivity contribution in [2.75, 3.05) is 16.0 Å². The van der Waals surface area contributed by atoms with Gasteiger partial charge < -0.3 is 16.0 Å². The molecule has 0 unspecified atom stereocenters. The van der Waals surface area contributed by atoms with E-state index in [1.54, 1.807) is 13.0 Å². The second-order valence-corrected chi connectivity index (χ2v) is 6.76. The van der Waals surface area contributed by atoms with E-state index in [-0.39, 0.29) is 11.9 Å². The first-order valence-corrected chi connectivity index (χ1v) is 9.26. The minimum absolute atomic E-state index is 0.0733. The van der Waals surface area contributed by atoms with Crippen LogP contribution in [0.25, 0.3) is 10.2 Å². The van der Waals surface area contributed by atoms with Crippen molar-refractivity contribution in [3.63, 3.8) is 0 Å². The van der Waals surface area contributed by atoms with Crippen molar-refractivity contribution in [2.24, 2.45) is 0 Å². The third kappa shape index (κ3) is 4.37. The van der Waals surface area contributed by atoms with E-state index in [0.29, 0.717) is 17.2 Å². The number of carbonyl (C=O) groups is 2. The van der Waals surface area contributed by atoms with E-state index >= 15 is 0 Å². The summed E-state index contributed by atoms with van der Waals surface area (Å²) in [6.07, 6.45) is 1.37. The van der Waals surface area contributed by atoms with Crippen molar-refractivity contribution < 1.29 is 9.59 Å². The molecule has 1 heterocycles. The van der Waals surface area contributed by atoms with E-state index in [9.17, 15) is 9.59 Å². The van der Waals surface area contributed by atoms with Crippen molar-refractivity contribution >= 4 is 50.0 Å². The first kappa shape index (κ1) is 17.9. The molecule has 6 nitrogen and oxygen atoms in total. The lowest BCUT2D eigenvalue weighted by Gasteiger charge is -2.08. The Morgan fingerprint density at radius 1 is 0.962 bits per heavy atom. The average Bonchev–Trinajstić information content (AvgIpc) is 3.03. The summed E-state index contributed by atoms with van der Waals surface area (Å²) < 4.78 is 0.890. The molecule has 0 aliphatic heterocycles. The number of aromatic nitrogens is 1. The lowest BCUT2D eigenvalue weighted by atomic mass is 10.1. The number of anilines is 3. The van der Waals surface area contributed by atoms with Crippen LogP contribution in [0.1, 0.15) is 25.8 Å². The van der Waals surface area contributed by atoms with E-state index in [0.717, 1.165) is 22.3 Å². The minimum Gasteiger partial charge on any atom is -0.308 e. The zero-order chi connectivity index (χ0) is 18.5. The van der Waals surface area contributed by atoms with Gasteiger partial charge in [0.2, 0.25) is 5.91 Å². The smallest absolute Gasteiger partial charge is 0.308 e. The first-order chi connectivity index (χ1) is 12.6. The lowest BCUT2D eigenvalue weighted by molar-refractivity contribution is -0.115. The summed E-state index contributed by atoms with van der Waals surface area (Å²) >= 11 is 1.38. The Labute approximate surface area is 155 Å². The highest BCUT2D eigenvalue weighted by Gasteiger charge is 2.09. The summed E-state index contributed by atoms with van der Waals surface area (Å²) in [5.74, 6) is -0.0733. The quantitative estimate of drug-likeness (QED) is 0.602. The van der Waals surface area contributed by atoms with Gasteiger partial charge >= 0.3 is 6.03 Å². The third-order valence-electron chi connectivity index (χ3n) is 3.83. The lowest BCUT2D eigenvalue weighted by Crippen LogP contribution is -2.19. The predicted octanol–water partition coefficient (Wildman–Crippen LogP) is 4.85. The van der Waals surface area contributed by atoms with Gasteiger partial charge in [0.25, 0.3) is 0 Å². The van der Waals surface area contributed by atoms with Crippen LogP contribution in [0.4, 0.5) is 21.3 Å². The van der Waals surface area contributed by atoms with Crippen LogP contribution in [0.5, 0.6) is 0 Å². The normalized spacial score (nSPS) is 10.5. The van der Waals surface area contributed by atoms with Gasteiger partial charge in [-0.15, -0.1) is 0 Å². The van der Waals surface area contributed by atoms with Gasteiger partial charge in [-0.05, 0) is 42.3 Å². The molecule has 7 heteroatoms. The molecule has 0 aliphatic rings. The van der Waals surface area contributed by atoms with Crippen LogP contribution in [-0.2, 0) is 11.2 Å². The van der Waals surface area contributed by atoms with Crippen LogP contribution in [0.15, 0.2) is 42.5 Å². The van der Waals surface area contributed by atoms with E-state index in [4.69, 9.17) is 0 Å². The van der Waals surface area contributed by atoms with Crippen molar-refractivity contribution in [3.05, 3.63) is 48.0 Å². The summed E-state index contributed by atoms with van der Waals surface area (Å²) in [6, 6.07) is 12.9. The Bertz CT molecular complexity index is 934. The topological polar surface area (TPSA) is 83.1 Å². The van der Waals surface area contributed by atoms with Gasteiger partial charge in [0.1, 0.15) is 0 Å². The summed E-state index contributed by atoms with van der Waals surface area (Å²) in [5.41, 5.74) is 3.40. The number of aryl methyl sites for hydroxylation is 1. The number of nitrogens with one attached hydrogen (secondary N) is 3. The Hall–Kier alpha value is -2.93. The molecule has 0 saturated heterocycles. The van der Waals surface area contributed by atoms with Crippen LogP contribution in [0.3, 0.4) is 0 Å². The van der Waals surface area contributed by atoms with Crippen molar-refractivity contribution in [2.45, 2.75) is 26.7 Å². The Morgan fingerprint density at radius 3 is 2.35 bits per heavy atom. The monoisotopic (exact) mass is 368 g/mol. The molecule has 0 atom stereocenters. The number of rotatable bonds is 5. The van der Waals surface area contributed by atoms with E-state index in [1.165, 1.54) is 16.9 Å². The summed E-state index contributed by atoms with van der Waals surface area (Å²) in [5, 5.41) is 8.93. The number of urea groups is 1. The Balaban J connectivity index is 1.67. The number of hydrogen-bond acceptors (Lipinski definition) is 4. The van der Waals surface area contributed by atoms with Gasteiger partial charge in [-0.3, -0.25) is 4.79 Å². The molecule has 1 aromatic heterocycles. The van der Waals surface area contributed by atoms with Gasteiger partial charge in [-0.1, -0.05) is 37.3 Å². The largest absolute Gasteiger partial charge is 0.323 e. The highest BCUT2D eigenvalue weighted by atomic mass is 32.1. The molecular formula is C19H20N4O2S. The Morgan fingerprint density at radius 2 is 1.65 bits per heavy atom. The number of fused-ring (bicyclic) bond motifs is 1. The molecule has 0 spiro atoms. The summed E-state index contributed by atoms with van der Waals surface area (Å²) in [7, 11) is 0. The van der Waals surface area contributed by atoms with Gasteiger partial charge in [0.05, 0.1) is 10.2 Å². The molecular weight excluding hydrogens is 348 g/mol. The fourth-order valence-corrected chi connectivity index (χ4v) is 3.30. The molecule has 0 bridgehead atoms. The molecule has 3 N–H and O–H groups in total. The highest BCUT2D eigenvalue weighted by molar-refractivity contribution is 7.22. The van der Waals surface area contributed by atoms with Crippen molar-refractivity contribution in [1.29, 1.82) is 0 Å². The molecule has 0 fully saturated rings. The molecule has 3 amide bonds. The molecule has 26 heavy (non-hydrogen) atoms. The second-order valence-electron chi connectivity index (χ2n) is 5.73. The van der Waals surface area contributed by atoms with Crippen molar-refractivity contribution in [1.82, 2.24) is 4.98 Å². The summed E-state index contributed by atoms with van der Waals surface area (Å²) in [6.45, 7) is 3.88. The van der Waals surface area contributed by atoms with Gasteiger partial charge in [0.15, 0.2) is 5.13 Å². The molecule has 3 rings (SSSR count). The summed E-state index contributed by atoms with van der Waals surface area (Å²) in [4.78, 5) is 28.0. The number of nitrogens with zero attached hydrogens (tertiary/aromatic N) is 1. The third-order valence-corrected chi connectivity index (χ3v) is 4.77. The molecule has 0 radical (unpaired) electrons. The van der Waals surface area contributed by atoms with Gasteiger partial charge in [-0.2, -0.15) is 0 Å². The van der Waals surface area contributed by atoms with Gasteiger partial charge in [-0.25, -0.2) is 9.78 Å². The maximum Gasteiger partial charge on any atom is 0.323 e. The number of benzene rings is 2. The van der Waals surface area contributed by atoms with Crippen LogP contribution in [-0.4, -0.2) is 16.9 Å². The van der Waals surface area contributed by atoms with Crippen molar-refractivity contribution in [3.8, 4) is 0 Å². The average molecular weight is 368 g/mol. The van der Waals surface area contributed by atoms with Gasteiger partial charge in [0, 0.05) is 17.8 Å². The Kier molecular flexibility index (Phi) is 5.48. The van der Waals surface area contributed by atoms with Crippen LogP contribution >= 0.6 is 11.3 Å². The number of carbonyl (C=O) groups excluding carboxylic acids is 2. The highest BCUT2D eigenvalue weighted by Crippen LogP contribution is 2.28. The molecule has 0 saturated carbocycles. The maximum absolute atomic E-state index is 12.2. The van der Waals surface area contributed by atoms with Crippen LogP contribution in [0, 0.1) is 0 Å². The van der Waals surface area contributed by atoms with E-state index in [2.05, 4.69) is 27.9 Å². The first-order valence-electron chi connectivity index (χ1n) is 8.44. The fourth-order valence-electron chi connectivity index (χ4n) is 2.38.